The van der Waals surface area contributed by atoms with Crippen LogP contribution in [0, 0.1) is 13.8 Å². The zero-order valence-corrected chi connectivity index (χ0v) is 10.1. The number of benzene rings is 1. The highest BCUT2D eigenvalue weighted by atomic mass is 32.2. The van der Waals surface area contributed by atoms with E-state index in [9.17, 15) is 0 Å². The van der Waals surface area contributed by atoms with Gasteiger partial charge in [0.15, 0.2) is 0 Å². The molecule has 2 heteroatoms. The third-order valence-electron chi connectivity index (χ3n) is 2.36. The molecular weight excluding hydrogens is 190 g/mol. The molecule has 0 aliphatic heterocycles. The van der Waals surface area contributed by atoms with Crippen LogP contribution in [0.25, 0.3) is 0 Å². The first-order valence-electron chi connectivity index (χ1n) is 5.04. The maximum absolute atomic E-state index is 3.43. The Morgan fingerprint density at radius 3 is 2.64 bits per heavy atom. The minimum Gasteiger partial charge on any atom is -0.385 e. The fraction of sp³-hybridized carbons (Fsp3) is 0.500. The van der Waals surface area contributed by atoms with Crippen LogP contribution < -0.4 is 5.32 Å². The van der Waals surface area contributed by atoms with Crippen molar-refractivity contribution < 1.29 is 0 Å². The number of nitrogens with one attached hydrogen (secondary N) is 1. The van der Waals surface area contributed by atoms with Crippen molar-refractivity contribution in [2.45, 2.75) is 20.3 Å². The molecule has 0 aliphatic carbocycles. The van der Waals surface area contributed by atoms with Crippen LogP contribution in [-0.4, -0.2) is 18.6 Å². The minimum absolute atomic E-state index is 1.07. The highest BCUT2D eigenvalue weighted by Gasteiger charge is 1.94. The van der Waals surface area contributed by atoms with Crippen LogP contribution in [0.15, 0.2) is 18.2 Å². The molecule has 0 heterocycles. The maximum Gasteiger partial charge on any atom is 0.0343 e. The topological polar surface area (TPSA) is 12.0 Å². The van der Waals surface area contributed by atoms with E-state index in [-0.39, 0.29) is 0 Å². The molecule has 0 amide bonds. The number of thioether (sulfide) groups is 1. The molecule has 0 atom stereocenters. The number of hydrogen-bond donors (Lipinski definition) is 1. The molecule has 0 aromatic heterocycles. The van der Waals surface area contributed by atoms with Crippen molar-refractivity contribution in [3.8, 4) is 0 Å². The third kappa shape index (κ3) is 3.62. The van der Waals surface area contributed by atoms with Gasteiger partial charge < -0.3 is 5.32 Å². The van der Waals surface area contributed by atoms with Crippen LogP contribution in [0.1, 0.15) is 17.5 Å². The lowest BCUT2D eigenvalue weighted by molar-refractivity contribution is 0.992. The lowest BCUT2D eigenvalue weighted by Crippen LogP contribution is -2.02. The first-order chi connectivity index (χ1) is 6.74. The molecule has 1 aromatic carbocycles. The van der Waals surface area contributed by atoms with Gasteiger partial charge in [0.1, 0.15) is 0 Å². The highest BCUT2D eigenvalue weighted by Crippen LogP contribution is 2.14. The molecular formula is C12H19NS. The first kappa shape index (κ1) is 11.4. The molecule has 0 saturated carbocycles. The van der Waals surface area contributed by atoms with Crippen LogP contribution in [0.3, 0.4) is 0 Å². The van der Waals surface area contributed by atoms with Crippen LogP contribution in [0.2, 0.25) is 0 Å². The first-order valence-corrected chi connectivity index (χ1v) is 6.43. The van der Waals surface area contributed by atoms with E-state index in [1.807, 2.05) is 11.8 Å². The monoisotopic (exact) mass is 209 g/mol. The van der Waals surface area contributed by atoms with Crippen molar-refractivity contribution in [1.82, 2.24) is 0 Å². The average molecular weight is 209 g/mol. The van der Waals surface area contributed by atoms with Crippen LogP contribution in [0.4, 0.5) is 5.69 Å². The van der Waals surface area contributed by atoms with Crippen LogP contribution >= 0.6 is 11.8 Å². The standard InChI is InChI=1S/C12H19NS/c1-10-5-6-12(9-11(10)2)13-7-4-8-14-3/h5-6,9,13H,4,7-8H2,1-3H3. The van der Waals surface area contributed by atoms with Gasteiger partial charge in [0.2, 0.25) is 0 Å². The van der Waals surface area contributed by atoms with Gasteiger partial charge >= 0.3 is 0 Å². The number of rotatable bonds is 5. The van der Waals surface area contributed by atoms with Gasteiger partial charge in [-0.3, -0.25) is 0 Å². The average Bonchev–Trinajstić information content (AvgIpc) is 2.18. The normalized spacial score (nSPS) is 10.2. The van der Waals surface area contributed by atoms with E-state index < -0.39 is 0 Å². The molecule has 0 spiro atoms. The molecule has 0 fully saturated rings. The number of hydrogen-bond acceptors (Lipinski definition) is 2. The molecule has 0 unspecified atom stereocenters. The van der Waals surface area contributed by atoms with E-state index in [0.717, 1.165) is 6.54 Å². The molecule has 14 heavy (non-hydrogen) atoms. The molecule has 0 bridgehead atoms. The summed E-state index contributed by atoms with van der Waals surface area (Å²) in [6.45, 7) is 5.37. The Hall–Kier alpha value is -0.630. The molecule has 1 nitrogen and oxygen atoms in total. The van der Waals surface area contributed by atoms with Gasteiger partial charge in [-0.1, -0.05) is 6.07 Å². The molecule has 0 saturated heterocycles. The van der Waals surface area contributed by atoms with Gasteiger partial charge in [-0.15, -0.1) is 0 Å². The quantitative estimate of drug-likeness (QED) is 0.745. The Kier molecular flexibility index (Phi) is 4.88. The molecule has 0 radical (unpaired) electrons. The number of anilines is 1. The fourth-order valence-electron chi connectivity index (χ4n) is 1.30. The van der Waals surface area contributed by atoms with E-state index in [1.54, 1.807) is 0 Å². The molecule has 0 aliphatic rings. The van der Waals surface area contributed by atoms with Crippen molar-refractivity contribution in [3.63, 3.8) is 0 Å². The van der Waals surface area contributed by atoms with E-state index in [2.05, 4.69) is 43.6 Å². The predicted octanol–water partition coefficient (Wildman–Crippen LogP) is 3.47. The zero-order chi connectivity index (χ0) is 10.4. The largest absolute Gasteiger partial charge is 0.385 e. The van der Waals surface area contributed by atoms with Crippen molar-refractivity contribution >= 4 is 17.4 Å². The summed E-state index contributed by atoms with van der Waals surface area (Å²) >= 11 is 1.90. The summed E-state index contributed by atoms with van der Waals surface area (Å²) < 4.78 is 0. The Labute approximate surface area is 91.3 Å². The van der Waals surface area contributed by atoms with Crippen molar-refractivity contribution in [1.29, 1.82) is 0 Å². The molecule has 1 aromatic rings. The lowest BCUT2D eigenvalue weighted by Gasteiger charge is -2.07. The van der Waals surface area contributed by atoms with Gasteiger partial charge in [-0.05, 0) is 55.5 Å². The third-order valence-corrected chi connectivity index (χ3v) is 3.06. The Morgan fingerprint density at radius 1 is 1.21 bits per heavy atom. The summed E-state index contributed by atoms with van der Waals surface area (Å²) in [5, 5.41) is 3.43. The Balaban J connectivity index is 2.39. The smallest absolute Gasteiger partial charge is 0.0343 e. The molecule has 78 valence electrons. The predicted molar refractivity (Wildman–Crippen MR) is 67.4 cm³/mol. The summed E-state index contributed by atoms with van der Waals surface area (Å²) in [5.41, 5.74) is 3.97. The molecule has 1 N–H and O–H groups in total. The highest BCUT2D eigenvalue weighted by molar-refractivity contribution is 7.98. The second-order valence-corrected chi connectivity index (χ2v) is 4.56. The van der Waals surface area contributed by atoms with Gasteiger partial charge in [0.05, 0.1) is 0 Å². The fourth-order valence-corrected chi connectivity index (χ4v) is 1.73. The Bertz CT molecular complexity index is 284. The van der Waals surface area contributed by atoms with E-state index in [0.29, 0.717) is 0 Å². The van der Waals surface area contributed by atoms with E-state index in [4.69, 9.17) is 0 Å². The summed E-state index contributed by atoms with van der Waals surface area (Å²) in [4.78, 5) is 0. The van der Waals surface area contributed by atoms with Crippen LogP contribution in [0.5, 0.6) is 0 Å². The minimum atomic E-state index is 1.07. The second kappa shape index (κ2) is 5.97. The van der Waals surface area contributed by atoms with E-state index in [1.165, 1.54) is 29.0 Å². The molecule has 1 rings (SSSR count). The Morgan fingerprint density at radius 2 is 2.00 bits per heavy atom. The summed E-state index contributed by atoms with van der Waals surface area (Å²) in [6.07, 6.45) is 3.38. The van der Waals surface area contributed by atoms with Crippen molar-refractivity contribution in [3.05, 3.63) is 29.3 Å². The summed E-state index contributed by atoms with van der Waals surface area (Å²) in [5.74, 6) is 1.23. The van der Waals surface area contributed by atoms with Crippen molar-refractivity contribution in [2.75, 3.05) is 23.9 Å². The van der Waals surface area contributed by atoms with E-state index >= 15 is 0 Å². The maximum atomic E-state index is 3.43. The van der Waals surface area contributed by atoms with Crippen LogP contribution in [-0.2, 0) is 0 Å². The zero-order valence-electron chi connectivity index (χ0n) is 9.26. The summed E-state index contributed by atoms with van der Waals surface area (Å²) in [7, 11) is 0. The van der Waals surface area contributed by atoms with Gasteiger partial charge in [0.25, 0.3) is 0 Å². The second-order valence-electron chi connectivity index (χ2n) is 3.57. The SMILES string of the molecule is CSCCCNc1ccc(C)c(C)c1. The lowest BCUT2D eigenvalue weighted by atomic mass is 10.1. The summed E-state index contributed by atoms with van der Waals surface area (Å²) in [6, 6.07) is 6.54. The van der Waals surface area contributed by atoms with Gasteiger partial charge in [0, 0.05) is 12.2 Å². The van der Waals surface area contributed by atoms with Gasteiger partial charge in [-0.2, -0.15) is 11.8 Å². The van der Waals surface area contributed by atoms with Crippen molar-refractivity contribution in [2.24, 2.45) is 0 Å². The number of aryl methyl sites for hydroxylation is 2. The van der Waals surface area contributed by atoms with Gasteiger partial charge in [-0.25, -0.2) is 0 Å².